The molecule has 0 aliphatic rings. The van der Waals surface area contributed by atoms with E-state index >= 15 is 0 Å². The third-order valence-electron chi connectivity index (χ3n) is 2.79. The quantitative estimate of drug-likeness (QED) is 0.577. The van der Waals surface area contributed by atoms with E-state index in [9.17, 15) is 14.7 Å². The number of carbonyl (C=O) groups is 2. The van der Waals surface area contributed by atoms with Crippen molar-refractivity contribution in [1.29, 1.82) is 0 Å². The molecule has 0 saturated heterocycles. The highest BCUT2D eigenvalue weighted by Gasteiger charge is 2.07. The van der Waals surface area contributed by atoms with Crippen LogP contribution in [-0.4, -0.2) is 29.7 Å². The van der Waals surface area contributed by atoms with Gasteiger partial charge >= 0.3 is 0 Å². The molecule has 2 rings (SSSR count). The molecule has 0 spiro atoms. The monoisotopic (exact) mass is 331 g/mol. The molecule has 3 N–H and O–H groups in total. The summed E-state index contributed by atoms with van der Waals surface area (Å²) in [5, 5.41) is 16.0. The second kappa shape index (κ2) is 7.95. The number of phenols is 1. The number of hydrazone groups is 1. The van der Waals surface area contributed by atoms with Crippen LogP contribution in [0.25, 0.3) is 0 Å². The van der Waals surface area contributed by atoms with E-state index in [1.165, 1.54) is 18.3 Å². The van der Waals surface area contributed by atoms with Crippen LogP contribution in [0.3, 0.4) is 0 Å². The van der Waals surface area contributed by atoms with Crippen LogP contribution in [0.2, 0.25) is 5.02 Å². The Kier molecular flexibility index (Phi) is 5.71. The predicted molar refractivity (Wildman–Crippen MR) is 87.6 cm³/mol. The number of rotatable bonds is 5. The van der Waals surface area contributed by atoms with E-state index in [0.29, 0.717) is 16.1 Å². The van der Waals surface area contributed by atoms with Gasteiger partial charge in [-0.1, -0.05) is 23.7 Å². The average molecular weight is 332 g/mol. The Hall–Kier alpha value is -2.86. The highest BCUT2D eigenvalue weighted by molar-refractivity contribution is 6.30. The van der Waals surface area contributed by atoms with E-state index in [0.717, 1.165) is 0 Å². The number of carbonyl (C=O) groups excluding carboxylic acids is 2. The number of phenolic OH excluding ortho intramolecular Hbond substituents is 1. The van der Waals surface area contributed by atoms with Crippen molar-refractivity contribution in [3.63, 3.8) is 0 Å². The molecule has 0 atom stereocenters. The summed E-state index contributed by atoms with van der Waals surface area (Å²) >= 11 is 5.73. The highest BCUT2D eigenvalue weighted by Crippen LogP contribution is 2.09. The summed E-state index contributed by atoms with van der Waals surface area (Å²) in [6.45, 7) is -0.209. The van der Waals surface area contributed by atoms with Crippen molar-refractivity contribution < 1.29 is 14.7 Å². The first-order valence-electron chi connectivity index (χ1n) is 6.69. The number of hydrogen-bond acceptors (Lipinski definition) is 4. The molecule has 0 aliphatic heterocycles. The number of amides is 2. The van der Waals surface area contributed by atoms with Gasteiger partial charge in [-0.3, -0.25) is 9.59 Å². The highest BCUT2D eigenvalue weighted by atomic mass is 35.5. The summed E-state index contributed by atoms with van der Waals surface area (Å²) in [7, 11) is 0. The second-order valence-corrected chi connectivity index (χ2v) is 5.01. The summed E-state index contributed by atoms with van der Waals surface area (Å²) in [4.78, 5) is 23.4. The van der Waals surface area contributed by atoms with Crippen LogP contribution in [0.4, 0.5) is 0 Å². The number of nitrogens with one attached hydrogen (secondary N) is 2. The van der Waals surface area contributed by atoms with Crippen LogP contribution in [0.15, 0.2) is 53.6 Å². The Labute approximate surface area is 137 Å². The second-order valence-electron chi connectivity index (χ2n) is 4.58. The molecule has 2 amide bonds. The minimum Gasteiger partial charge on any atom is -0.508 e. The maximum absolute atomic E-state index is 11.8. The molecular formula is C16H14ClN3O3. The van der Waals surface area contributed by atoms with Crippen molar-refractivity contribution >= 4 is 29.6 Å². The number of aromatic hydroxyl groups is 1. The van der Waals surface area contributed by atoms with Crippen LogP contribution >= 0.6 is 11.6 Å². The third-order valence-corrected chi connectivity index (χ3v) is 3.04. The summed E-state index contributed by atoms with van der Waals surface area (Å²) in [6.07, 6.45) is 1.39. The van der Waals surface area contributed by atoms with E-state index in [1.807, 2.05) is 0 Å². The molecular weight excluding hydrogens is 318 g/mol. The van der Waals surface area contributed by atoms with Crippen molar-refractivity contribution in [2.24, 2.45) is 5.10 Å². The molecule has 0 fully saturated rings. The Bertz CT molecular complexity index is 730. The SMILES string of the molecule is O=C(CNC(=O)c1ccc(Cl)cc1)NN=Cc1cccc(O)c1. The standard InChI is InChI=1S/C16H14ClN3O3/c17-13-6-4-12(5-7-13)16(23)18-10-15(22)20-19-9-11-2-1-3-14(21)8-11/h1-9,21H,10H2,(H,18,23)(H,20,22). The minimum absolute atomic E-state index is 0.107. The third kappa shape index (κ3) is 5.44. The molecule has 0 aliphatic carbocycles. The van der Waals surface area contributed by atoms with Gasteiger partial charge in [0.1, 0.15) is 5.75 Å². The van der Waals surface area contributed by atoms with Crippen LogP contribution in [-0.2, 0) is 4.79 Å². The lowest BCUT2D eigenvalue weighted by Crippen LogP contribution is -2.34. The molecule has 0 saturated carbocycles. The first-order chi connectivity index (χ1) is 11.0. The van der Waals surface area contributed by atoms with Gasteiger partial charge in [0.05, 0.1) is 12.8 Å². The van der Waals surface area contributed by atoms with Crippen LogP contribution < -0.4 is 10.7 Å². The van der Waals surface area contributed by atoms with Gasteiger partial charge in [0.2, 0.25) is 0 Å². The Balaban J connectivity index is 1.78. The van der Waals surface area contributed by atoms with Crippen LogP contribution in [0.5, 0.6) is 5.75 Å². The van der Waals surface area contributed by atoms with Gasteiger partial charge in [-0.05, 0) is 42.0 Å². The van der Waals surface area contributed by atoms with Crippen molar-refractivity contribution in [2.45, 2.75) is 0 Å². The maximum atomic E-state index is 11.8. The lowest BCUT2D eigenvalue weighted by atomic mass is 10.2. The van der Waals surface area contributed by atoms with Gasteiger partial charge < -0.3 is 10.4 Å². The molecule has 23 heavy (non-hydrogen) atoms. The summed E-state index contributed by atoms with van der Waals surface area (Å²) in [5.74, 6) is -0.743. The minimum atomic E-state index is -0.469. The first-order valence-corrected chi connectivity index (χ1v) is 7.07. The van der Waals surface area contributed by atoms with Crippen molar-refractivity contribution in [2.75, 3.05) is 6.54 Å². The summed E-state index contributed by atoms with van der Waals surface area (Å²) in [6, 6.07) is 12.7. The molecule has 0 aromatic heterocycles. The number of nitrogens with zero attached hydrogens (tertiary/aromatic N) is 1. The Morgan fingerprint density at radius 1 is 1.17 bits per heavy atom. The molecule has 0 heterocycles. The zero-order valence-electron chi connectivity index (χ0n) is 12.0. The summed E-state index contributed by atoms with van der Waals surface area (Å²) in [5.41, 5.74) is 3.32. The van der Waals surface area contributed by atoms with Crippen molar-refractivity contribution in [3.05, 3.63) is 64.7 Å². The smallest absolute Gasteiger partial charge is 0.259 e. The van der Waals surface area contributed by atoms with Crippen molar-refractivity contribution in [3.8, 4) is 5.75 Å². The number of hydrogen-bond donors (Lipinski definition) is 3. The van der Waals surface area contributed by atoms with Crippen LogP contribution in [0.1, 0.15) is 15.9 Å². The van der Waals surface area contributed by atoms with Crippen molar-refractivity contribution in [1.82, 2.24) is 10.7 Å². The van der Waals surface area contributed by atoms with Gasteiger partial charge in [-0.25, -0.2) is 5.43 Å². The van der Waals surface area contributed by atoms with E-state index < -0.39 is 5.91 Å². The Morgan fingerprint density at radius 2 is 1.91 bits per heavy atom. The predicted octanol–water partition coefficient (Wildman–Crippen LogP) is 1.93. The largest absolute Gasteiger partial charge is 0.508 e. The van der Waals surface area contributed by atoms with Gasteiger partial charge in [0.25, 0.3) is 11.8 Å². The molecule has 0 unspecified atom stereocenters. The molecule has 2 aromatic rings. The fourth-order valence-corrected chi connectivity index (χ4v) is 1.81. The van der Waals surface area contributed by atoms with Gasteiger partial charge in [-0.15, -0.1) is 0 Å². The fourth-order valence-electron chi connectivity index (χ4n) is 1.69. The normalized spacial score (nSPS) is 10.5. The van der Waals surface area contributed by atoms with Gasteiger partial charge in [0.15, 0.2) is 0 Å². The zero-order chi connectivity index (χ0) is 16.7. The fraction of sp³-hybridized carbons (Fsp3) is 0.0625. The first kappa shape index (κ1) is 16.5. The maximum Gasteiger partial charge on any atom is 0.259 e. The zero-order valence-corrected chi connectivity index (χ0v) is 12.7. The lowest BCUT2D eigenvalue weighted by molar-refractivity contribution is -0.120. The van der Waals surface area contributed by atoms with E-state index in [4.69, 9.17) is 11.6 Å². The molecule has 118 valence electrons. The van der Waals surface area contributed by atoms with E-state index in [2.05, 4.69) is 15.8 Å². The summed E-state index contributed by atoms with van der Waals surface area (Å²) < 4.78 is 0. The topological polar surface area (TPSA) is 90.8 Å². The van der Waals surface area contributed by atoms with Crippen LogP contribution in [0, 0.1) is 0 Å². The number of halogens is 1. The molecule has 6 nitrogen and oxygen atoms in total. The number of benzene rings is 2. The lowest BCUT2D eigenvalue weighted by Gasteiger charge is -2.04. The van der Waals surface area contributed by atoms with Gasteiger partial charge in [0, 0.05) is 10.6 Å². The molecule has 2 aromatic carbocycles. The Morgan fingerprint density at radius 3 is 2.61 bits per heavy atom. The molecule has 0 bridgehead atoms. The van der Waals surface area contributed by atoms with E-state index in [-0.39, 0.29) is 18.2 Å². The molecule has 0 radical (unpaired) electrons. The van der Waals surface area contributed by atoms with E-state index in [1.54, 1.807) is 36.4 Å². The molecule has 7 heteroatoms. The average Bonchev–Trinajstić information content (AvgIpc) is 2.53. The van der Waals surface area contributed by atoms with Gasteiger partial charge in [-0.2, -0.15) is 5.10 Å².